The fraction of sp³-hybridized carbons (Fsp3) is 0.667. The van der Waals surface area contributed by atoms with Gasteiger partial charge in [0.25, 0.3) is 0 Å². The van der Waals surface area contributed by atoms with Crippen LogP contribution < -0.4 is 5.73 Å². The molecule has 0 bridgehead atoms. The van der Waals surface area contributed by atoms with Crippen LogP contribution in [-0.2, 0) is 0 Å². The van der Waals surface area contributed by atoms with E-state index < -0.39 is 0 Å². The summed E-state index contributed by atoms with van der Waals surface area (Å²) in [5.74, 6) is 2.71. The Kier molecular flexibility index (Phi) is 5.21. The highest BCUT2D eigenvalue weighted by Crippen LogP contribution is 2.26. The first-order chi connectivity index (χ1) is 7.95. The molecule has 3 N–H and O–H groups in total. The number of thioether (sulfide) groups is 1. The summed E-state index contributed by atoms with van der Waals surface area (Å²) in [6.07, 6.45) is 0. The summed E-state index contributed by atoms with van der Waals surface area (Å²) in [4.78, 5) is 8.81. The fourth-order valence-electron chi connectivity index (χ4n) is 1.20. The van der Waals surface area contributed by atoms with Crippen LogP contribution in [0.2, 0.25) is 0 Å². The standard InChI is InChI=1S/C12H21N3OS/c1-7(2)11-14-10(13)9(4)12(15-11)17-6-8(3)5-16/h7-8,16H,5-6H2,1-4H3,(H2,13,14,15). The normalized spacial score (nSPS) is 13.1. The Morgan fingerprint density at radius 2 is 1.94 bits per heavy atom. The van der Waals surface area contributed by atoms with Crippen molar-refractivity contribution in [1.29, 1.82) is 0 Å². The van der Waals surface area contributed by atoms with E-state index in [4.69, 9.17) is 10.8 Å². The molecule has 1 aromatic rings. The Morgan fingerprint density at radius 3 is 2.47 bits per heavy atom. The molecule has 1 unspecified atom stereocenters. The van der Waals surface area contributed by atoms with Crippen LogP contribution in [0.25, 0.3) is 0 Å². The van der Waals surface area contributed by atoms with Gasteiger partial charge in [0.2, 0.25) is 0 Å². The van der Waals surface area contributed by atoms with E-state index in [9.17, 15) is 0 Å². The molecule has 0 aliphatic rings. The molecule has 0 radical (unpaired) electrons. The van der Waals surface area contributed by atoms with Crippen molar-refractivity contribution in [2.45, 2.75) is 38.6 Å². The average molecular weight is 255 g/mol. The van der Waals surface area contributed by atoms with Gasteiger partial charge >= 0.3 is 0 Å². The summed E-state index contributed by atoms with van der Waals surface area (Å²) < 4.78 is 0. The predicted molar refractivity (Wildman–Crippen MR) is 72.2 cm³/mol. The molecule has 96 valence electrons. The van der Waals surface area contributed by atoms with Crippen LogP contribution in [0.15, 0.2) is 5.03 Å². The summed E-state index contributed by atoms with van der Waals surface area (Å²) in [7, 11) is 0. The molecule has 0 saturated heterocycles. The molecule has 5 heteroatoms. The molecule has 0 saturated carbocycles. The van der Waals surface area contributed by atoms with Crippen LogP contribution in [0.3, 0.4) is 0 Å². The van der Waals surface area contributed by atoms with E-state index in [-0.39, 0.29) is 18.4 Å². The van der Waals surface area contributed by atoms with Crippen LogP contribution in [0.5, 0.6) is 0 Å². The van der Waals surface area contributed by atoms with Crippen LogP contribution in [0.1, 0.15) is 38.1 Å². The first-order valence-corrected chi connectivity index (χ1v) is 6.81. The minimum Gasteiger partial charge on any atom is -0.396 e. The maximum Gasteiger partial charge on any atom is 0.134 e. The number of anilines is 1. The van der Waals surface area contributed by atoms with Crippen molar-refractivity contribution in [3.8, 4) is 0 Å². The van der Waals surface area contributed by atoms with Gasteiger partial charge in [-0.2, -0.15) is 0 Å². The molecule has 0 spiro atoms. The van der Waals surface area contributed by atoms with Crippen LogP contribution in [0.4, 0.5) is 5.82 Å². The lowest BCUT2D eigenvalue weighted by atomic mass is 10.2. The first-order valence-electron chi connectivity index (χ1n) is 5.83. The molecule has 0 amide bonds. The molecular weight excluding hydrogens is 234 g/mol. The third-order valence-corrected chi connectivity index (χ3v) is 3.90. The second kappa shape index (κ2) is 6.21. The number of aliphatic hydroxyl groups excluding tert-OH is 1. The second-order valence-corrected chi connectivity index (χ2v) is 5.66. The molecule has 0 fully saturated rings. The highest BCUT2D eigenvalue weighted by Gasteiger charge is 2.12. The molecule has 0 aliphatic heterocycles. The lowest BCUT2D eigenvalue weighted by molar-refractivity contribution is 0.250. The number of aliphatic hydroxyl groups is 1. The summed E-state index contributed by atoms with van der Waals surface area (Å²) in [5, 5.41) is 9.94. The zero-order valence-electron chi connectivity index (χ0n) is 10.9. The van der Waals surface area contributed by atoms with Gasteiger partial charge in [0, 0.05) is 23.8 Å². The Labute approximate surface area is 107 Å². The zero-order valence-corrected chi connectivity index (χ0v) is 11.7. The molecule has 4 nitrogen and oxygen atoms in total. The monoisotopic (exact) mass is 255 g/mol. The summed E-state index contributed by atoms with van der Waals surface area (Å²) in [6.45, 7) is 8.25. The van der Waals surface area contributed by atoms with Crippen molar-refractivity contribution in [2.75, 3.05) is 18.1 Å². The first kappa shape index (κ1) is 14.3. The molecular formula is C12H21N3OS. The van der Waals surface area contributed by atoms with Gasteiger partial charge in [0.05, 0.1) is 0 Å². The van der Waals surface area contributed by atoms with E-state index >= 15 is 0 Å². The van der Waals surface area contributed by atoms with Crippen LogP contribution in [-0.4, -0.2) is 27.4 Å². The average Bonchev–Trinajstić information content (AvgIpc) is 2.30. The van der Waals surface area contributed by atoms with Gasteiger partial charge in [0.15, 0.2) is 0 Å². The largest absolute Gasteiger partial charge is 0.396 e. The summed E-state index contributed by atoms with van der Waals surface area (Å²) in [6, 6.07) is 0. The molecule has 0 aliphatic carbocycles. The summed E-state index contributed by atoms with van der Waals surface area (Å²) >= 11 is 1.63. The number of hydrogen-bond donors (Lipinski definition) is 2. The molecule has 1 aromatic heterocycles. The zero-order chi connectivity index (χ0) is 13.0. The van der Waals surface area contributed by atoms with Gasteiger partial charge in [0.1, 0.15) is 16.7 Å². The van der Waals surface area contributed by atoms with Crippen molar-refractivity contribution < 1.29 is 5.11 Å². The van der Waals surface area contributed by atoms with E-state index in [0.717, 1.165) is 22.2 Å². The molecule has 1 atom stereocenters. The van der Waals surface area contributed by atoms with Gasteiger partial charge in [-0.25, -0.2) is 9.97 Å². The lowest BCUT2D eigenvalue weighted by Crippen LogP contribution is -2.08. The maximum absolute atomic E-state index is 9.01. The second-order valence-electron chi connectivity index (χ2n) is 4.65. The van der Waals surface area contributed by atoms with Crippen molar-refractivity contribution >= 4 is 17.6 Å². The third kappa shape index (κ3) is 3.85. The smallest absolute Gasteiger partial charge is 0.134 e. The Balaban J connectivity index is 2.90. The third-order valence-electron chi connectivity index (χ3n) is 2.49. The van der Waals surface area contributed by atoms with E-state index in [2.05, 4.69) is 23.8 Å². The van der Waals surface area contributed by atoms with Gasteiger partial charge in [-0.05, 0) is 12.8 Å². The number of aromatic nitrogens is 2. The van der Waals surface area contributed by atoms with Gasteiger partial charge in [-0.3, -0.25) is 0 Å². The topological polar surface area (TPSA) is 72.0 Å². The van der Waals surface area contributed by atoms with Crippen molar-refractivity contribution in [2.24, 2.45) is 5.92 Å². The van der Waals surface area contributed by atoms with E-state index in [1.165, 1.54) is 0 Å². The van der Waals surface area contributed by atoms with E-state index in [1.807, 2.05) is 13.8 Å². The van der Waals surface area contributed by atoms with Crippen molar-refractivity contribution in [1.82, 2.24) is 9.97 Å². The quantitative estimate of drug-likeness (QED) is 0.623. The predicted octanol–water partition coefficient (Wildman–Crippen LogP) is 2.21. The van der Waals surface area contributed by atoms with Gasteiger partial charge in [-0.1, -0.05) is 20.8 Å². The number of rotatable bonds is 5. The molecule has 17 heavy (non-hydrogen) atoms. The lowest BCUT2D eigenvalue weighted by Gasteiger charge is -2.12. The fourth-order valence-corrected chi connectivity index (χ4v) is 2.23. The highest BCUT2D eigenvalue weighted by molar-refractivity contribution is 7.99. The van der Waals surface area contributed by atoms with Gasteiger partial charge < -0.3 is 10.8 Å². The number of nitrogens with two attached hydrogens (primary N) is 1. The van der Waals surface area contributed by atoms with Crippen LogP contribution in [0, 0.1) is 12.8 Å². The Bertz CT molecular complexity index is 382. The number of nitrogens with zero attached hydrogens (tertiary/aromatic N) is 2. The van der Waals surface area contributed by atoms with Crippen molar-refractivity contribution in [3.63, 3.8) is 0 Å². The number of nitrogen functional groups attached to an aromatic ring is 1. The molecule has 0 aromatic carbocycles. The number of hydrogen-bond acceptors (Lipinski definition) is 5. The van der Waals surface area contributed by atoms with Gasteiger partial charge in [-0.15, -0.1) is 11.8 Å². The maximum atomic E-state index is 9.01. The van der Waals surface area contributed by atoms with E-state index in [1.54, 1.807) is 11.8 Å². The molecule has 1 heterocycles. The SMILES string of the molecule is Cc1c(N)nc(C(C)C)nc1SCC(C)CO. The highest BCUT2D eigenvalue weighted by atomic mass is 32.2. The van der Waals surface area contributed by atoms with Crippen molar-refractivity contribution in [3.05, 3.63) is 11.4 Å². The van der Waals surface area contributed by atoms with Crippen LogP contribution >= 0.6 is 11.8 Å². The minimum atomic E-state index is 0.198. The Hall–Kier alpha value is -0.810. The van der Waals surface area contributed by atoms with E-state index in [0.29, 0.717) is 5.82 Å². The summed E-state index contributed by atoms with van der Waals surface area (Å²) in [5.41, 5.74) is 6.82. The Morgan fingerprint density at radius 1 is 1.29 bits per heavy atom. The minimum absolute atomic E-state index is 0.198. The molecule has 1 rings (SSSR count).